The van der Waals surface area contributed by atoms with Crippen molar-refractivity contribution in [3.63, 3.8) is 0 Å². The first-order chi connectivity index (χ1) is 10.4. The number of hydrogen-bond acceptors (Lipinski definition) is 2. The predicted octanol–water partition coefficient (Wildman–Crippen LogP) is 3.69. The van der Waals surface area contributed by atoms with Crippen LogP contribution in [-0.2, 0) is 0 Å². The van der Waals surface area contributed by atoms with Gasteiger partial charge in [-0.3, -0.25) is 4.90 Å². The second-order valence-corrected chi connectivity index (χ2v) is 6.09. The number of unbranched alkanes of at least 4 members (excludes halogenated alkanes) is 2. The molecule has 1 aromatic heterocycles. The zero-order valence-corrected chi connectivity index (χ0v) is 13.1. The molecule has 0 unspecified atom stereocenters. The molecule has 1 aliphatic rings. The fraction of sp³-hybridized carbons (Fsp3) is 0.556. The van der Waals surface area contributed by atoms with Gasteiger partial charge in [0, 0.05) is 49.3 Å². The standard InChI is InChI=1S/C18H27N3/c1-2-3-4-9-18(21-12-10-19-11-13-21)16-14-20-17-8-6-5-7-15(16)17/h5-8,14,18-20H,2-4,9-13H2,1H3/t18-/m1/s1. The molecule has 114 valence electrons. The van der Waals surface area contributed by atoms with Crippen LogP contribution in [0.5, 0.6) is 0 Å². The van der Waals surface area contributed by atoms with Gasteiger partial charge in [-0.2, -0.15) is 0 Å². The van der Waals surface area contributed by atoms with E-state index in [1.807, 2.05) is 0 Å². The van der Waals surface area contributed by atoms with Gasteiger partial charge in [-0.05, 0) is 18.1 Å². The lowest BCUT2D eigenvalue weighted by Crippen LogP contribution is -2.45. The summed E-state index contributed by atoms with van der Waals surface area (Å²) in [4.78, 5) is 6.12. The van der Waals surface area contributed by atoms with E-state index < -0.39 is 0 Å². The normalized spacial score (nSPS) is 18.1. The van der Waals surface area contributed by atoms with Crippen molar-refractivity contribution in [2.24, 2.45) is 0 Å². The van der Waals surface area contributed by atoms with E-state index in [1.165, 1.54) is 42.1 Å². The molecule has 0 amide bonds. The van der Waals surface area contributed by atoms with Crippen molar-refractivity contribution in [2.45, 2.75) is 38.6 Å². The number of piperazine rings is 1. The van der Waals surface area contributed by atoms with Crippen molar-refractivity contribution in [2.75, 3.05) is 26.2 Å². The first-order valence-electron chi connectivity index (χ1n) is 8.41. The van der Waals surface area contributed by atoms with E-state index in [2.05, 4.69) is 52.6 Å². The molecule has 0 radical (unpaired) electrons. The highest BCUT2D eigenvalue weighted by molar-refractivity contribution is 5.83. The van der Waals surface area contributed by atoms with Crippen molar-refractivity contribution in [1.82, 2.24) is 15.2 Å². The molecule has 1 saturated heterocycles. The summed E-state index contributed by atoms with van der Waals surface area (Å²) >= 11 is 0. The average Bonchev–Trinajstić information content (AvgIpc) is 2.96. The van der Waals surface area contributed by atoms with Gasteiger partial charge in [0.25, 0.3) is 0 Å². The molecule has 3 rings (SSSR count). The molecule has 0 spiro atoms. The summed E-state index contributed by atoms with van der Waals surface area (Å²) < 4.78 is 0. The minimum absolute atomic E-state index is 0.565. The van der Waals surface area contributed by atoms with Gasteiger partial charge in [-0.25, -0.2) is 0 Å². The van der Waals surface area contributed by atoms with Crippen LogP contribution in [0.3, 0.4) is 0 Å². The molecule has 2 heterocycles. The number of nitrogens with zero attached hydrogens (tertiary/aromatic N) is 1. The van der Waals surface area contributed by atoms with Gasteiger partial charge in [0.05, 0.1) is 0 Å². The minimum Gasteiger partial charge on any atom is -0.361 e. The van der Waals surface area contributed by atoms with Gasteiger partial charge in [-0.15, -0.1) is 0 Å². The topological polar surface area (TPSA) is 31.1 Å². The molecule has 21 heavy (non-hydrogen) atoms. The van der Waals surface area contributed by atoms with Gasteiger partial charge in [0.2, 0.25) is 0 Å². The number of aromatic nitrogens is 1. The van der Waals surface area contributed by atoms with Crippen LogP contribution in [-0.4, -0.2) is 36.1 Å². The molecule has 2 N–H and O–H groups in total. The first kappa shape index (κ1) is 14.6. The van der Waals surface area contributed by atoms with Gasteiger partial charge in [-0.1, -0.05) is 44.4 Å². The van der Waals surface area contributed by atoms with Crippen LogP contribution in [0.4, 0.5) is 0 Å². The minimum atomic E-state index is 0.565. The highest BCUT2D eigenvalue weighted by Gasteiger charge is 2.23. The van der Waals surface area contributed by atoms with Gasteiger partial charge in [0.1, 0.15) is 0 Å². The quantitative estimate of drug-likeness (QED) is 0.793. The number of rotatable bonds is 6. The molecule has 1 aliphatic heterocycles. The second-order valence-electron chi connectivity index (χ2n) is 6.09. The maximum Gasteiger partial charge on any atom is 0.0457 e. The van der Waals surface area contributed by atoms with Crippen LogP contribution in [0.15, 0.2) is 30.5 Å². The van der Waals surface area contributed by atoms with E-state index in [0.717, 1.165) is 26.2 Å². The third-order valence-corrected chi connectivity index (χ3v) is 4.65. The number of para-hydroxylation sites is 1. The molecule has 0 bridgehead atoms. The van der Waals surface area contributed by atoms with Crippen LogP contribution < -0.4 is 5.32 Å². The molecular formula is C18H27N3. The highest BCUT2D eigenvalue weighted by atomic mass is 15.2. The van der Waals surface area contributed by atoms with E-state index in [-0.39, 0.29) is 0 Å². The second kappa shape index (κ2) is 7.10. The van der Waals surface area contributed by atoms with Crippen LogP contribution in [0.2, 0.25) is 0 Å². The van der Waals surface area contributed by atoms with Crippen LogP contribution in [0, 0.1) is 0 Å². The lowest BCUT2D eigenvalue weighted by atomic mass is 9.97. The summed E-state index contributed by atoms with van der Waals surface area (Å²) in [7, 11) is 0. The Morgan fingerprint density at radius 2 is 1.95 bits per heavy atom. The lowest BCUT2D eigenvalue weighted by Gasteiger charge is -2.35. The number of nitrogens with one attached hydrogen (secondary N) is 2. The fourth-order valence-electron chi connectivity index (χ4n) is 3.49. The Morgan fingerprint density at radius 1 is 1.14 bits per heavy atom. The molecule has 1 aromatic carbocycles. The largest absolute Gasteiger partial charge is 0.361 e. The summed E-state index contributed by atoms with van der Waals surface area (Å²) in [5, 5.41) is 4.87. The zero-order valence-electron chi connectivity index (χ0n) is 13.1. The summed E-state index contributed by atoms with van der Waals surface area (Å²) in [5.41, 5.74) is 2.76. The molecule has 1 atom stereocenters. The first-order valence-corrected chi connectivity index (χ1v) is 8.41. The molecule has 2 aromatic rings. The summed E-state index contributed by atoms with van der Waals surface area (Å²) in [6.07, 6.45) is 7.47. The number of hydrogen-bond donors (Lipinski definition) is 2. The molecule has 3 heteroatoms. The number of benzene rings is 1. The summed E-state index contributed by atoms with van der Waals surface area (Å²) in [6.45, 7) is 6.84. The Balaban J connectivity index is 1.85. The van der Waals surface area contributed by atoms with Gasteiger partial charge >= 0.3 is 0 Å². The van der Waals surface area contributed by atoms with Crippen molar-refractivity contribution >= 4 is 10.9 Å². The third kappa shape index (κ3) is 3.30. The summed E-state index contributed by atoms with van der Waals surface area (Å²) in [6, 6.07) is 9.27. The highest BCUT2D eigenvalue weighted by Crippen LogP contribution is 2.32. The van der Waals surface area contributed by atoms with Crippen molar-refractivity contribution in [3.8, 4) is 0 Å². The number of fused-ring (bicyclic) bond motifs is 1. The lowest BCUT2D eigenvalue weighted by molar-refractivity contribution is 0.164. The van der Waals surface area contributed by atoms with Crippen LogP contribution >= 0.6 is 0 Å². The third-order valence-electron chi connectivity index (χ3n) is 4.65. The van der Waals surface area contributed by atoms with E-state index >= 15 is 0 Å². The van der Waals surface area contributed by atoms with Crippen molar-refractivity contribution in [3.05, 3.63) is 36.0 Å². The molecular weight excluding hydrogens is 258 g/mol. The molecule has 3 nitrogen and oxygen atoms in total. The van der Waals surface area contributed by atoms with Crippen LogP contribution in [0.1, 0.15) is 44.2 Å². The smallest absolute Gasteiger partial charge is 0.0457 e. The summed E-state index contributed by atoms with van der Waals surface area (Å²) in [5.74, 6) is 0. The maximum absolute atomic E-state index is 3.47. The van der Waals surface area contributed by atoms with Crippen molar-refractivity contribution < 1.29 is 0 Å². The average molecular weight is 285 g/mol. The number of H-pyrrole nitrogens is 1. The van der Waals surface area contributed by atoms with E-state index in [1.54, 1.807) is 0 Å². The molecule has 1 fully saturated rings. The van der Waals surface area contributed by atoms with Gasteiger partial charge < -0.3 is 10.3 Å². The number of aromatic amines is 1. The van der Waals surface area contributed by atoms with Crippen molar-refractivity contribution in [1.29, 1.82) is 0 Å². The van der Waals surface area contributed by atoms with E-state index in [9.17, 15) is 0 Å². The Labute approximate surface area is 127 Å². The maximum atomic E-state index is 3.47. The Bertz CT molecular complexity index is 554. The van der Waals surface area contributed by atoms with Gasteiger partial charge in [0.15, 0.2) is 0 Å². The van der Waals surface area contributed by atoms with E-state index in [4.69, 9.17) is 0 Å². The Hall–Kier alpha value is -1.32. The Kier molecular flexibility index (Phi) is 4.94. The molecule has 0 saturated carbocycles. The zero-order chi connectivity index (χ0) is 14.5. The fourth-order valence-corrected chi connectivity index (χ4v) is 3.49. The van der Waals surface area contributed by atoms with Crippen LogP contribution in [0.25, 0.3) is 10.9 Å². The molecule has 0 aliphatic carbocycles. The SMILES string of the molecule is CCCCC[C@H](c1c[nH]c2ccccc12)N1CCNCC1. The monoisotopic (exact) mass is 285 g/mol. The Morgan fingerprint density at radius 3 is 2.76 bits per heavy atom. The predicted molar refractivity (Wildman–Crippen MR) is 89.6 cm³/mol. The van der Waals surface area contributed by atoms with E-state index in [0.29, 0.717) is 6.04 Å².